The summed E-state index contributed by atoms with van der Waals surface area (Å²) in [5.41, 5.74) is 5.13. The van der Waals surface area contributed by atoms with Crippen molar-refractivity contribution in [2.45, 2.75) is 40.2 Å². The van der Waals surface area contributed by atoms with Crippen LogP contribution in [0.4, 0.5) is 0 Å². The van der Waals surface area contributed by atoms with E-state index in [9.17, 15) is 4.79 Å². The maximum Gasteiger partial charge on any atom is 0.282 e. The van der Waals surface area contributed by atoms with E-state index in [0.717, 1.165) is 38.9 Å². The lowest BCUT2D eigenvalue weighted by molar-refractivity contribution is 0.335. The number of hydrogen-bond donors (Lipinski definition) is 0. The maximum atomic E-state index is 13.8. The molecule has 38 heavy (non-hydrogen) atoms. The first kappa shape index (κ1) is 25.0. The van der Waals surface area contributed by atoms with Crippen LogP contribution in [0.15, 0.2) is 76.8 Å². The molecule has 0 aliphatic rings. The molecule has 0 radical (unpaired) electrons. The van der Waals surface area contributed by atoms with E-state index in [1.807, 2.05) is 73.1 Å². The number of rotatable bonds is 7. The van der Waals surface area contributed by atoms with E-state index in [1.54, 1.807) is 12.3 Å². The van der Waals surface area contributed by atoms with Crippen LogP contribution in [0.3, 0.4) is 0 Å². The van der Waals surface area contributed by atoms with Gasteiger partial charge in [-0.2, -0.15) is 9.78 Å². The molecule has 0 aliphatic carbocycles. The molecule has 190 valence electrons. The highest BCUT2D eigenvalue weighted by atomic mass is 16.5. The van der Waals surface area contributed by atoms with Crippen molar-refractivity contribution in [3.63, 3.8) is 0 Å². The highest BCUT2D eigenvalue weighted by Gasteiger charge is 2.18. The Labute approximate surface area is 222 Å². The van der Waals surface area contributed by atoms with Crippen molar-refractivity contribution in [2.24, 2.45) is 5.10 Å². The third kappa shape index (κ3) is 4.48. The Balaban J connectivity index is 1.75. The molecule has 5 rings (SSSR count). The minimum absolute atomic E-state index is 0.224. The molecule has 0 saturated heterocycles. The minimum Gasteiger partial charge on any atom is -0.494 e. The second-order valence-corrected chi connectivity index (χ2v) is 9.54. The molecule has 0 bridgehead atoms. The van der Waals surface area contributed by atoms with E-state index in [2.05, 4.69) is 25.8 Å². The van der Waals surface area contributed by atoms with E-state index in [4.69, 9.17) is 21.2 Å². The summed E-state index contributed by atoms with van der Waals surface area (Å²) in [6.45, 7) is 9.26. The van der Waals surface area contributed by atoms with Crippen LogP contribution < -0.4 is 10.3 Å². The number of nitrogens with zero attached hydrogens (tertiary/aromatic N) is 4. The Morgan fingerprint density at radius 2 is 1.84 bits per heavy atom. The van der Waals surface area contributed by atoms with Gasteiger partial charge in [0, 0.05) is 28.2 Å². The fourth-order valence-electron chi connectivity index (χ4n) is 4.80. The van der Waals surface area contributed by atoms with Gasteiger partial charge in [-0.3, -0.25) is 4.79 Å². The number of terminal acetylenes is 1. The van der Waals surface area contributed by atoms with Crippen LogP contribution in [-0.4, -0.2) is 27.0 Å². The average Bonchev–Trinajstić information content (AvgIpc) is 3.26. The third-order valence-corrected chi connectivity index (χ3v) is 6.67. The van der Waals surface area contributed by atoms with E-state index >= 15 is 0 Å². The molecule has 0 atom stereocenters. The van der Waals surface area contributed by atoms with Crippen LogP contribution in [0.25, 0.3) is 33.2 Å². The van der Waals surface area contributed by atoms with Gasteiger partial charge in [0.2, 0.25) is 0 Å². The SMILES string of the molecule is C#CCn1cc(C=Nn2c(-c3cc(C(C)C)c(OCC)cc3C)nc3ccccc3c2=O)c2ccccc21. The number of benzene rings is 3. The molecule has 0 amide bonds. The predicted octanol–water partition coefficient (Wildman–Crippen LogP) is 6.36. The summed E-state index contributed by atoms with van der Waals surface area (Å²) < 4.78 is 9.34. The number of aryl methyl sites for hydroxylation is 1. The van der Waals surface area contributed by atoms with Crippen molar-refractivity contribution >= 4 is 28.0 Å². The summed E-state index contributed by atoms with van der Waals surface area (Å²) in [4.78, 5) is 18.7. The first-order valence-corrected chi connectivity index (χ1v) is 12.8. The minimum atomic E-state index is -0.228. The topological polar surface area (TPSA) is 61.4 Å². The Morgan fingerprint density at radius 1 is 1.11 bits per heavy atom. The average molecular weight is 503 g/mol. The molecule has 0 spiro atoms. The lowest BCUT2D eigenvalue weighted by Gasteiger charge is -2.18. The number of aromatic nitrogens is 3. The molecule has 0 saturated carbocycles. The van der Waals surface area contributed by atoms with Crippen molar-refractivity contribution in [3.05, 3.63) is 93.9 Å². The Hall–Kier alpha value is -4.63. The number of para-hydroxylation sites is 2. The van der Waals surface area contributed by atoms with Crippen LogP contribution in [0.5, 0.6) is 5.75 Å². The molecule has 2 heterocycles. The van der Waals surface area contributed by atoms with Crippen molar-refractivity contribution in [1.29, 1.82) is 0 Å². The first-order valence-electron chi connectivity index (χ1n) is 12.8. The van der Waals surface area contributed by atoms with Gasteiger partial charge in [-0.15, -0.1) is 6.42 Å². The lowest BCUT2D eigenvalue weighted by atomic mass is 9.96. The summed E-state index contributed by atoms with van der Waals surface area (Å²) in [6.07, 6.45) is 9.27. The van der Waals surface area contributed by atoms with Crippen LogP contribution in [0.1, 0.15) is 43.4 Å². The second kappa shape index (κ2) is 10.4. The van der Waals surface area contributed by atoms with Crippen LogP contribution in [-0.2, 0) is 6.54 Å². The smallest absolute Gasteiger partial charge is 0.282 e. The molecule has 2 aromatic heterocycles. The van der Waals surface area contributed by atoms with Crippen molar-refractivity contribution < 1.29 is 4.74 Å². The molecule has 0 N–H and O–H groups in total. The van der Waals surface area contributed by atoms with Crippen LogP contribution in [0, 0.1) is 19.3 Å². The van der Waals surface area contributed by atoms with E-state index in [1.165, 1.54) is 4.68 Å². The van der Waals surface area contributed by atoms with Crippen molar-refractivity contribution in [2.75, 3.05) is 6.61 Å². The molecule has 0 aliphatic heterocycles. The second-order valence-electron chi connectivity index (χ2n) is 9.54. The Morgan fingerprint density at radius 3 is 2.58 bits per heavy atom. The van der Waals surface area contributed by atoms with Gasteiger partial charge < -0.3 is 9.30 Å². The van der Waals surface area contributed by atoms with Gasteiger partial charge in [-0.1, -0.05) is 50.1 Å². The summed E-state index contributed by atoms with van der Waals surface area (Å²) in [6, 6.07) is 19.5. The highest BCUT2D eigenvalue weighted by molar-refractivity contribution is 5.99. The van der Waals surface area contributed by atoms with E-state index in [0.29, 0.717) is 29.9 Å². The van der Waals surface area contributed by atoms with Gasteiger partial charge in [-0.25, -0.2) is 4.98 Å². The summed E-state index contributed by atoms with van der Waals surface area (Å²) in [5, 5.41) is 6.24. The molecular weight excluding hydrogens is 472 g/mol. The van der Waals surface area contributed by atoms with Gasteiger partial charge in [0.1, 0.15) is 5.75 Å². The summed E-state index contributed by atoms with van der Waals surface area (Å²) in [7, 11) is 0. The Bertz CT molecular complexity index is 1780. The van der Waals surface area contributed by atoms with Crippen molar-refractivity contribution in [3.8, 4) is 29.5 Å². The zero-order valence-corrected chi connectivity index (χ0v) is 22.1. The van der Waals surface area contributed by atoms with Gasteiger partial charge in [0.05, 0.1) is 30.3 Å². The maximum absolute atomic E-state index is 13.8. The van der Waals surface area contributed by atoms with Crippen LogP contribution in [0.2, 0.25) is 0 Å². The van der Waals surface area contributed by atoms with Gasteiger partial charge in [0.25, 0.3) is 5.56 Å². The number of ether oxygens (including phenoxy) is 1. The first-order chi connectivity index (χ1) is 18.4. The van der Waals surface area contributed by atoms with Crippen LogP contribution >= 0.6 is 0 Å². The molecular formula is C32H30N4O2. The molecule has 5 aromatic rings. The number of hydrogen-bond acceptors (Lipinski definition) is 4. The molecule has 0 fully saturated rings. The van der Waals surface area contributed by atoms with Crippen molar-refractivity contribution in [1.82, 2.24) is 14.2 Å². The van der Waals surface area contributed by atoms with Gasteiger partial charge in [0.15, 0.2) is 5.82 Å². The van der Waals surface area contributed by atoms with E-state index in [-0.39, 0.29) is 11.5 Å². The van der Waals surface area contributed by atoms with E-state index < -0.39 is 0 Å². The fourth-order valence-corrected chi connectivity index (χ4v) is 4.80. The highest BCUT2D eigenvalue weighted by Crippen LogP contribution is 2.34. The zero-order chi connectivity index (χ0) is 26.8. The fraction of sp³-hybridized carbons (Fsp3) is 0.219. The molecule has 6 heteroatoms. The lowest BCUT2D eigenvalue weighted by Crippen LogP contribution is -2.20. The molecule has 3 aromatic carbocycles. The largest absolute Gasteiger partial charge is 0.494 e. The van der Waals surface area contributed by atoms with Gasteiger partial charge in [-0.05, 0) is 61.2 Å². The molecule has 0 unspecified atom stereocenters. The normalized spacial score (nSPS) is 11.6. The summed E-state index contributed by atoms with van der Waals surface area (Å²) in [5.74, 6) is 4.26. The molecule has 6 nitrogen and oxygen atoms in total. The monoisotopic (exact) mass is 502 g/mol. The summed E-state index contributed by atoms with van der Waals surface area (Å²) >= 11 is 0. The zero-order valence-electron chi connectivity index (χ0n) is 22.1. The quantitative estimate of drug-likeness (QED) is 0.192. The Kier molecular flexibility index (Phi) is 6.85. The standard InChI is InChI=1S/C32H30N4O2/c1-6-16-35-20-23(24-12-9-11-15-29(24)35)19-33-36-31(34-28-14-10-8-13-25(28)32(36)37)27-18-26(21(3)4)30(38-7-2)17-22(27)5/h1,8-15,17-21H,7,16H2,2-5H3. The van der Waals surface area contributed by atoms with Gasteiger partial charge >= 0.3 is 0 Å². The predicted molar refractivity (Wildman–Crippen MR) is 155 cm³/mol. The number of fused-ring (bicyclic) bond motifs is 2. The third-order valence-electron chi connectivity index (χ3n) is 6.67.